The highest BCUT2D eigenvalue weighted by Gasteiger charge is 2.42. The van der Waals surface area contributed by atoms with Crippen LogP contribution in [0.25, 0.3) is 22.2 Å². The van der Waals surface area contributed by atoms with E-state index < -0.39 is 26.1 Å². The highest BCUT2D eigenvalue weighted by molar-refractivity contribution is 7.33. The topological polar surface area (TPSA) is 221 Å². The Balaban J connectivity index is 1.17. The molecule has 0 bridgehead atoms. The molecule has 2 saturated heterocycles. The predicted octanol–water partition coefficient (Wildman–Crippen LogP) is 0.806. The number of aromatic nitrogens is 7. The number of nitrogens with one attached hydrogen (secondary N) is 1. The third-order valence-corrected chi connectivity index (χ3v) is 8.41. The van der Waals surface area contributed by atoms with Crippen LogP contribution in [0.2, 0.25) is 0 Å². The van der Waals surface area contributed by atoms with Crippen LogP contribution in [0.15, 0.2) is 29.7 Å². The van der Waals surface area contributed by atoms with Gasteiger partial charge in [0.15, 0.2) is 23.5 Å². The molecule has 7 atom stereocenters. The van der Waals surface area contributed by atoms with Crippen molar-refractivity contribution < 1.29 is 28.0 Å². The maximum Gasteiger partial charge on any atom is 0.698 e. The number of fused-ring (bicyclic) bond motifs is 3. The third kappa shape index (κ3) is 4.64. The maximum atomic E-state index is 12.7. The van der Waals surface area contributed by atoms with E-state index in [9.17, 15) is 14.5 Å². The summed E-state index contributed by atoms with van der Waals surface area (Å²) in [6.45, 7) is -0.0794. The van der Waals surface area contributed by atoms with Crippen LogP contribution in [0.4, 0.5) is 11.8 Å². The second-order valence-corrected chi connectivity index (χ2v) is 10.8. The number of H-pyrrole nitrogens is 1. The van der Waals surface area contributed by atoms with Crippen molar-refractivity contribution in [2.45, 2.75) is 31.1 Å². The first-order valence-electron chi connectivity index (χ1n) is 11.6. The number of nitrogens with zero attached hydrogens (tertiary/aromatic N) is 6. The molecule has 200 valence electrons. The Kier molecular flexibility index (Phi) is 6.78. The molecule has 6 N–H and O–H groups in total. The lowest BCUT2D eigenvalue weighted by Gasteiger charge is -2.19. The smallest absolute Gasteiger partial charge is 0.383 e. The summed E-state index contributed by atoms with van der Waals surface area (Å²) in [7, 11) is -2.60. The average molecular weight is 564 g/mol. The SMILES string of the molecule is Nc1nc2c(ncn2[C@H](O)[C@H]2COPC[C@H]3C[C@H](n4ccc5c(N)ncnc54)OC3CO[P+](=O)O2)c(=O)[nH]1. The van der Waals surface area contributed by atoms with E-state index >= 15 is 0 Å². The largest absolute Gasteiger partial charge is 0.698 e. The van der Waals surface area contributed by atoms with Gasteiger partial charge in [-0.1, -0.05) is 0 Å². The summed E-state index contributed by atoms with van der Waals surface area (Å²) >= 11 is 0. The van der Waals surface area contributed by atoms with Gasteiger partial charge in [0, 0.05) is 19.6 Å². The summed E-state index contributed by atoms with van der Waals surface area (Å²) in [4.78, 5) is 30.8. The molecule has 0 spiro atoms. The molecule has 0 aliphatic carbocycles. The molecule has 4 aromatic heterocycles. The molecule has 2 aliphatic heterocycles. The molecular weight excluding hydrogens is 540 g/mol. The van der Waals surface area contributed by atoms with E-state index in [-0.39, 0.29) is 57.4 Å². The Labute approximate surface area is 216 Å². The van der Waals surface area contributed by atoms with Crippen molar-refractivity contribution in [2.75, 3.05) is 30.8 Å². The maximum absolute atomic E-state index is 12.7. The fraction of sp³-hybridized carbons (Fsp3) is 0.450. The van der Waals surface area contributed by atoms with E-state index in [1.807, 2.05) is 16.8 Å². The zero-order chi connectivity index (χ0) is 26.4. The number of rotatable bonds is 3. The molecule has 0 radical (unpaired) electrons. The van der Waals surface area contributed by atoms with Crippen LogP contribution in [0.3, 0.4) is 0 Å². The molecule has 0 aromatic carbocycles. The van der Waals surface area contributed by atoms with Crippen molar-refractivity contribution in [1.29, 1.82) is 0 Å². The molecule has 38 heavy (non-hydrogen) atoms. The van der Waals surface area contributed by atoms with E-state index in [2.05, 4.69) is 24.9 Å². The van der Waals surface area contributed by atoms with Gasteiger partial charge in [-0.05, 0) is 24.6 Å². The highest BCUT2D eigenvalue weighted by atomic mass is 31.1. The van der Waals surface area contributed by atoms with Crippen LogP contribution in [-0.4, -0.2) is 70.7 Å². The van der Waals surface area contributed by atoms with Crippen LogP contribution in [-0.2, 0) is 22.9 Å². The second kappa shape index (κ2) is 10.2. The minimum atomic E-state index is -2.65. The van der Waals surface area contributed by atoms with Crippen molar-refractivity contribution in [1.82, 2.24) is 34.1 Å². The number of hydrogen-bond donors (Lipinski definition) is 4. The number of aliphatic hydroxyl groups excluding tert-OH is 1. The number of aromatic amines is 1. The van der Waals surface area contributed by atoms with Crippen LogP contribution in [0.1, 0.15) is 18.9 Å². The van der Waals surface area contributed by atoms with Gasteiger partial charge in [0.2, 0.25) is 5.95 Å². The van der Waals surface area contributed by atoms with Crippen LogP contribution < -0.4 is 17.0 Å². The Morgan fingerprint density at radius 1 is 1.24 bits per heavy atom. The normalized spacial score (nSPS) is 27.4. The van der Waals surface area contributed by atoms with Crippen LogP contribution in [0, 0.1) is 5.92 Å². The summed E-state index contributed by atoms with van der Waals surface area (Å²) in [6, 6.07) is 1.84. The highest BCUT2D eigenvalue weighted by Crippen LogP contribution is 2.41. The van der Waals surface area contributed by atoms with Crippen molar-refractivity contribution in [2.24, 2.45) is 5.92 Å². The lowest BCUT2D eigenvalue weighted by molar-refractivity contribution is -0.0423. The number of aliphatic hydroxyl groups is 1. The Hall–Kier alpha value is -3.10. The minimum Gasteiger partial charge on any atom is -0.383 e. The van der Waals surface area contributed by atoms with E-state index in [1.165, 1.54) is 17.2 Å². The predicted molar refractivity (Wildman–Crippen MR) is 135 cm³/mol. The van der Waals surface area contributed by atoms with Gasteiger partial charge in [0.25, 0.3) is 5.56 Å². The molecule has 3 unspecified atom stereocenters. The summed E-state index contributed by atoms with van der Waals surface area (Å²) in [5.74, 6) is 0.304. The second-order valence-electron chi connectivity index (χ2n) is 8.86. The Morgan fingerprint density at radius 2 is 2.11 bits per heavy atom. The summed E-state index contributed by atoms with van der Waals surface area (Å²) in [5, 5.41) is 11.7. The molecule has 18 heteroatoms. The van der Waals surface area contributed by atoms with E-state index in [0.29, 0.717) is 24.0 Å². The molecule has 6 heterocycles. The number of ether oxygens (including phenoxy) is 1. The zero-order valence-corrected chi connectivity index (χ0v) is 21.6. The van der Waals surface area contributed by atoms with Gasteiger partial charge < -0.3 is 30.4 Å². The quantitative estimate of drug-likeness (QED) is 0.253. The first-order valence-corrected chi connectivity index (χ1v) is 13.8. The molecule has 16 nitrogen and oxygen atoms in total. The van der Waals surface area contributed by atoms with Crippen molar-refractivity contribution in [3.63, 3.8) is 0 Å². The number of imidazole rings is 1. The zero-order valence-electron chi connectivity index (χ0n) is 19.7. The van der Waals surface area contributed by atoms with Gasteiger partial charge >= 0.3 is 8.25 Å². The first-order chi connectivity index (χ1) is 18.4. The Morgan fingerprint density at radius 3 is 2.97 bits per heavy atom. The molecule has 0 saturated carbocycles. The summed E-state index contributed by atoms with van der Waals surface area (Å²) < 4.78 is 39.0. The van der Waals surface area contributed by atoms with Gasteiger partial charge in [-0.2, -0.15) is 4.98 Å². The van der Waals surface area contributed by atoms with E-state index in [4.69, 9.17) is 29.8 Å². The number of hydrogen-bond acceptors (Lipinski definition) is 13. The summed E-state index contributed by atoms with van der Waals surface area (Å²) in [5.41, 5.74) is 11.7. The number of anilines is 2. The molecule has 2 aliphatic rings. The van der Waals surface area contributed by atoms with Gasteiger partial charge in [-0.25, -0.2) is 15.0 Å². The van der Waals surface area contributed by atoms with Gasteiger partial charge in [0.1, 0.15) is 30.6 Å². The van der Waals surface area contributed by atoms with E-state index in [0.717, 1.165) is 5.39 Å². The van der Waals surface area contributed by atoms with Gasteiger partial charge in [0.05, 0.1) is 24.4 Å². The van der Waals surface area contributed by atoms with Gasteiger partial charge in [-0.15, -0.1) is 9.05 Å². The van der Waals surface area contributed by atoms with Crippen LogP contribution >= 0.6 is 17.1 Å². The third-order valence-electron chi connectivity index (χ3n) is 6.54. The van der Waals surface area contributed by atoms with Crippen molar-refractivity contribution >= 4 is 51.0 Å². The Bertz CT molecular complexity index is 1560. The molecular formula is C20H24N9O7P2+. The number of nitrogen functional groups attached to an aromatic ring is 2. The average Bonchev–Trinajstić information content (AvgIpc) is 3.61. The minimum absolute atomic E-state index is 0.0116. The van der Waals surface area contributed by atoms with E-state index in [1.54, 1.807) is 0 Å². The fourth-order valence-corrected chi connectivity index (χ4v) is 6.40. The molecule has 6 rings (SSSR count). The standard InChI is InChI=1S/C20H23N9O7P2/c21-15-10-1-2-28(16(10)24-7-23-15)13-3-9-6-37-33-4-12(36-38(32)34-5-11(9)35-13)19(31)29-8-25-14-17(29)26-20(22)27-18(14)30/h1-2,7-9,11-13,19,31,37H,3-6H2,(H4-,21,22,23,24,26,27,30)/p+1/t9-,11?,12-,13-,19-/m1/s1. The first kappa shape index (κ1) is 25.2. The molecule has 0 amide bonds. The van der Waals surface area contributed by atoms with Crippen molar-refractivity contribution in [3.05, 3.63) is 35.3 Å². The lowest BCUT2D eigenvalue weighted by atomic mass is 10.0. The fourth-order valence-electron chi connectivity index (χ4n) is 4.64. The molecule has 4 aromatic rings. The molecule has 2 fully saturated rings. The number of nitrogens with two attached hydrogens (primary N) is 2. The monoisotopic (exact) mass is 564 g/mol. The lowest BCUT2D eigenvalue weighted by Crippen LogP contribution is -2.29. The summed E-state index contributed by atoms with van der Waals surface area (Å²) in [6.07, 6.45) is 2.58. The van der Waals surface area contributed by atoms with Crippen LogP contribution in [0.5, 0.6) is 0 Å². The van der Waals surface area contributed by atoms with Gasteiger partial charge in [-0.3, -0.25) is 14.3 Å². The van der Waals surface area contributed by atoms with Crippen molar-refractivity contribution in [3.8, 4) is 0 Å².